The van der Waals surface area contributed by atoms with E-state index in [1.54, 1.807) is 19.2 Å². The molecule has 0 aromatic heterocycles. The Morgan fingerprint density at radius 3 is 2.45 bits per heavy atom. The number of carbonyl (C=O) groups excluding carboxylic acids is 2. The van der Waals surface area contributed by atoms with E-state index in [0.717, 1.165) is 26.7 Å². The zero-order chi connectivity index (χ0) is 23.6. The zero-order valence-electron chi connectivity index (χ0n) is 18.7. The van der Waals surface area contributed by atoms with Gasteiger partial charge in [0.1, 0.15) is 6.61 Å². The van der Waals surface area contributed by atoms with Crippen molar-refractivity contribution in [3.63, 3.8) is 0 Å². The van der Waals surface area contributed by atoms with Crippen LogP contribution in [0.25, 0.3) is 0 Å². The molecule has 172 valence electrons. The fourth-order valence-electron chi connectivity index (χ4n) is 3.26. The summed E-state index contributed by atoms with van der Waals surface area (Å²) in [6.45, 7) is 2.88. The Morgan fingerprint density at radius 1 is 0.939 bits per heavy atom. The first-order chi connectivity index (χ1) is 15.9. The first-order valence-corrected chi connectivity index (χ1v) is 11.4. The number of benzene rings is 3. The fourth-order valence-corrected chi connectivity index (χ4v) is 3.74. The summed E-state index contributed by atoms with van der Waals surface area (Å²) in [6.07, 6.45) is -0.292. The Balaban J connectivity index is 1.45. The Hall–Kier alpha value is -3.32. The molecule has 0 fully saturated rings. The Bertz CT molecular complexity index is 1090. The molecule has 0 atom stereocenters. The summed E-state index contributed by atoms with van der Waals surface area (Å²) in [5.41, 5.74) is 4.67. The van der Waals surface area contributed by atoms with Gasteiger partial charge in [0.2, 0.25) is 0 Å². The normalized spacial score (nSPS) is 10.4. The third kappa shape index (κ3) is 7.95. The van der Waals surface area contributed by atoms with Crippen LogP contribution in [0.5, 0.6) is 0 Å². The van der Waals surface area contributed by atoms with Gasteiger partial charge in [-0.05, 0) is 53.4 Å². The van der Waals surface area contributed by atoms with Crippen molar-refractivity contribution in [2.45, 2.75) is 26.5 Å². The Labute approximate surface area is 202 Å². The predicted octanol–water partition coefficient (Wildman–Crippen LogP) is 6.32. The highest BCUT2D eigenvalue weighted by Gasteiger charge is 2.12. The maximum Gasteiger partial charge on any atom is 0.411 e. The van der Waals surface area contributed by atoms with Crippen LogP contribution in [-0.2, 0) is 29.0 Å². The molecule has 6 nitrogen and oxygen atoms in total. The first kappa shape index (κ1) is 24.3. The molecule has 2 amide bonds. The lowest BCUT2D eigenvalue weighted by Crippen LogP contribution is -2.27. The summed E-state index contributed by atoms with van der Waals surface area (Å²) in [6, 6.07) is 22.8. The highest BCUT2D eigenvalue weighted by Crippen LogP contribution is 2.17. The molecule has 33 heavy (non-hydrogen) atoms. The second-order valence-electron chi connectivity index (χ2n) is 7.68. The lowest BCUT2D eigenvalue weighted by atomic mass is 10.1. The number of hydrogen-bond donors (Lipinski definition) is 1. The van der Waals surface area contributed by atoms with Crippen LogP contribution in [0.2, 0.25) is 0 Å². The lowest BCUT2D eigenvalue weighted by molar-refractivity contribution is 0.103. The van der Waals surface area contributed by atoms with Gasteiger partial charge in [0.15, 0.2) is 0 Å². The molecule has 1 N–H and O–H groups in total. The zero-order valence-corrected chi connectivity index (χ0v) is 20.3. The van der Waals surface area contributed by atoms with Crippen LogP contribution in [0.4, 0.5) is 15.3 Å². The highest BCUT2D eigenvalue weighted by molar-refractivity contribution is 9.10. The number of carbonyl (C=O) groups is 2. The van der Waals surface area contributed by atoms with Crippen molar-refractivity contribution in [3.05, 3.63) is 99.5 Å². The van der Waals surface area contributed by atoms with Crippen molar-refractivity contribution in [3.8, 4) is 0 Å². The number of ether oxygens (including phenoxy) is 2. The van der Waals surface area contributed by atoms with Gasteiger partial charge < -0.3 is 14.4 Å². The van der Waals surface area contributed by atoms with Crippen molar-refractivity contribution < 1.29 is 19.1 Å². The average Bonchev–Trinajstić information content (AvgIpc) is 2.80. The SMILES string of the molecule is Cc1cc(Br)ccc1CCOC(=O)Nc1cccc(CN(C)C(=O)OCc2ccccc2)c1. The summed E-state index contributed by atoms with van der Waals surface area (Å²) in [7, 11) is 1.67. The molecule has 0 unspecified atom stereocenters. The summed E-state index contributed by atoms with van der Waals surface area (Å²) in [5.74, 6) is 0. The van der Waals surface area contributed by atoms with Crippen molar-refractivity contribution in [2.24, 2.45) is 0 Å². The third-order valence-corrected chi connectivity index (χ3v) is 5.51. The summed E-state index contributed by atoms with van der Waals surface area (Å²) in [4.78, 5) is 25.9. The van der Waals surface area contributed by atoms with Crippen LogP contribution in [0.3, 0.4) is 0 Å². The quantitative estimate of drug-likeness (QED) is 0.385. The number of aryl methyl sites for hydroxylation is 1. The van der Waals surface area contributed by atoms with Crippen molar-refractivity contribution >= 4 is 33.8 Å². The number of nitrogens with zero attached hydrogens (tertiary/aromatic N) is 1. The molecule has 7 heteroatoms. The van der Waals surface area contributed by atoms with E-state index in [2.05, 4.69) is 21.2 Å². The predicted molar refractivity (Wildman–Crippen MR) is 132 cm³/mol. The second-order valence-corrected chi connectivity index (χ2v) is 8.59. The van der Waals surface area contributed by atoms with Crippen LogP contribution in [0, 0.1) is 6.92 Å². The summed E-state index contributed by atoms with van der Waals surface area (Å²) < 4.78 is 11.7. The van der Waals surface area contributed by atoms with Crippen LogP contribution >= 0.6 is 15.9 Å². The minimum absolute atomic E-state index is 0.219. The summed E-state index contributed by atoms with van der Waals surface area (Å²) >= 11 is 3.45. The molecule has 3 aromatic rings. The Kier molecular flexibility index (Phi) is 8.89. The largest absolute Gasteiger partial charge is 0.449 e. The molecular weight excluding hydrogens is 484 g/mol. The molecule has 0 bridgehead atoms. The maximum absolute atomic E-state index is 12.3. The number of anilines is 1. The van der Waals surface area contributed by atoms with E-state index in [1.165, 1.54) is 4.90 Å². The molecular formula is C26H27BrN2O4. The van der Waals surface area contributed by atoms with Gasteiger partial charge in [-0.1, -0.05) is 64.5 Å². The molecule has 0 aliphatic carbocycles. The number of hydrogen-bond acceptors (Lipinski definition) is 4. The van der Waals surface area contributed by atoms with E-state index >= 15 is 0 Å². The maximum atomic E-state index is 12.3. The minimum atomic E-state index is -0.516. The first-order valence-electron chi connectivity index (χ1n) is 10.6. The van der Waals surface area contributed by atoms with E-state index in [4.69, 9.17) is 9.47 Å². The molecule has 0 aliphatic rings. The number of nitrogens with one attached hydrogen (secondary N) is 1. The number of rotatable bonds is 8. The molecule has 0 radical (unpaired) electrons. The smallest absolute Gasteiger partial charge is 0.411 e. The van der Waals surface area contributed by atoms with Crippen LogP contribution in [0.15, 0.2) is 77.3 Å². The standard InChI is InChI=1S/C26H27BrN2O4/c1-19-15-23(27)12-11-22(19)13-14-32-25(30)28-24-10-6-9-21(16-24)17-29(2)26(31)33-18-20-7-4-3-5-8-20/h3-12,15-16H,13-14,17-18H2,1-2H3,(H,28,30). The molecule has 3 aromatic carbocycles. The van der Waals surface area contributed by atoms with Crippen LogP contribution in [-0.4, -0.2) is 30.7 Å². The van der Waals surface area contributed by atoms with Gasteiger partial charge in [0.05, 0.1) is 6.61 Å². The second kappa shape index (κ2) is 12.1. The van der Waals surface area contributed by atoms with Gasteiger partial charge in [-0.25, -0.2) is 9.59 Å². The highest BCUT2D eigenvalue weighted by atomic mass is 79.9. The Morgan fingerprint density at radius 2 is 1.70 bits per heavy atom. The third-order valence-electron chi connectivity index (χ3n) is 5.02. The van der Waals surface area contributed by atoms with E-state index in [-0.39, 0.29) is 13.2 Å². The molecule has 3 rings (SSSR count). The van der Waals surface area contributed by atoms with Crippen molar-refractivity contribution in [1.82, 2.24) is 4.90 Å². The molecule has 0 aliphatic heterocycles. The van der Waals surface area contributed by atoms with Gasteiger partial charge in [0.25, 0.3) is 0 Å². The van der Waals surface area contributed by atoms with E-state index in [9.17, 15) is 9.59 Å². The van der Waals surface area contributed by atoms with Gasteiger partial charge in [-0.2, -0.15) is 0 Å². The molecule has 0 heterocycles. The minimum Gasteiger partial charge on any atom is -0.449 e. The lowest BCUT2D eigenvalue weighted by Gasteiger charge is -2.17. The van der Waals surface area contributed by atoms with E-state index in [1.807, 2.05) is 67.6 Å². The van der Waals surface area contributed by atoms with Gasteiger partial charge in [-0.3, -0.25) is 5.32 Å². The van der Waals surface area contributed by atoms with Crippen molar-refractivity contribution in [1.29, 1.82) is 0 Å². The fraction of sp³-hybridized carbons (Fsp3) is 0.231. The topological polar surface area (TPSA) is 67.9 Å². The summed E-state index contributed by atoms with van der Waals surface area (Å²) in [5, 5.41) is 2.74. The molecule has 0 saturated carbocycles. The molecule has 0 spiro atoms. The van der Waals surface area contributed by atoms with Gasteiger partial charge >= 0.3 is 12.2 Å². The number of amides is 2. The number of halogens is 1. The van der Waals surface area contributed by atoms with Gasteiger partial charge in [0, 0.05) is 30.2 Å². The van der Waals surface area contributed by atoms with E-state index < -0.39 is 12.2 Å². The molecule has 0 saturated heterocycles. The average molecular weight is 511 g/mol. The van der Waals surface area contributed by atoms with Crippen LogP contribution < -0.4 is 5.32 Å². The van der Waals surface area contributed by atoms with E-state index in [0.29, 0.717) is 18.7 Å². The monoisotopic (exact) mass is 510 g/mol. The van der Waals surface area contributed by atoms with Crippen LogP contribution in [0.1, 0.15) is 22.3 Å². The van der Waals surface area contributed by atoms with Gasteiger partial charge in [-0.15, -0.1) is 0 Å². The van der Waals surface area contributed by atoms with Crippen molar-refractivity contribution in [2.75, 3.05) is 19.0 Å².